The molecule has 8 heteroatoms. The van der Waals surface area contributed by atoms with Crippen LogP contribution in [0.5, 0.6) is 5.75 Å². The van der Waals surface area contributed by atoms with Gasteiger partial charge in [0, 0.05) is 23.6 Å². The summed E-state index contributed by atoms with van der Waals surface area (Å²) in [6, 6.07) is 8.69. The molecule has 4 nitrogen and oxygen atoms in total. The monoisotopic (exact) mass is 373 g/mol. The van der Waals surface area contributed by atoms with Crippen LogP contribution in [-0.2, 0) is 0 Å². The molecular weight excluding hydrogens is 355 g/mol. The van der Waals surface area contributed by atoms with Crippen molar-refractivity contribution in [1.82, 2.24) is 5.32 Å². The van der Waals surface area contributed by atoms with Crippen molar-refractivity contribution in [3.63, 3.8) is 0 Å². The minimum Gasteiger partial charge on any atom is -0.406 e. The van der Waals surface area contributed by atoms with Crippen LogP contribution in [0.15, 0.2) is 41.8 Å². The molecule has 0 bridgehead atoms. The molecule has 1 heterocycles. The van der Waals surface area contributed by atoms with E-state index in [1.54, 1.807) is 11.3 Å². The van der Waals surface area contributed by atoms with Crippen LogP contribution in [0.2, 0.25) is 0 Å². The van der Waals surface area contributed by atoms with Crippen LogP contribution in [0.1, 0.15) is 34.0 Å². The summed E-state index contributed by atoms with van der Waals surface area (Å²) in [4.78, 5) is 13.2. The zero-order valence-corrected chi connectivity index (χ0v) is 14.1. The molecular formula is C17H18F3NO3S. The molecule has 2 N–H and O–H groups in total. The highest BCUT2D eigenvalue weighted by molar-refractivity contribution is 7.10. The van der Waals surface area contributed by atoms with Gasteiger partial charge in [-0.25, -0.2) is 0 Å². The SMILES string of the molecule is O=C(NCC[C@H](CCO)c1cccs1)c1ccc(OC(F)(F)F)cc1. The molecule has 0 saturated carbocycles. The molecule has 0 aliphatic heterocycles. The van der Waals surface area contributed by atoms with Gasteiger partial charge in [0.2, 0.25) is 0 Å². The van der Waals surface area contributed by atoms with E-state index in [0.29, 0.717) is 19.4 Å². The predicted molar refractivity (Wildman–Crippen MR) is 88.8 cm³/mol. The second-order valence-electron chi connectivity index (χ2n) is 5.34. The lowest BCUT2D eigenvalue weighted by atomic mass is 10.00. The second-order valence-corrected chi connectivity index (χ2v) is 6.32. The number of carbonyl (C=O) groups is 1. The number of hydrogen-bond acceptors (Lipinski definition) is 4. The third kappa shape index (κ3) is 6.39. The van der Waals surface area contributed by atoms with E-state index >= 15 is 0 Å². The highest BCUT2D eigenvalue weighted by atomic mass is 32.1. The standard InChI is InChI=1S/C17H18F3NO3S/c18-17(19,20)24-14-5-3-13(4-6-14)16(23)21-9-7-12(8-10-22)15-2-1-11-25-15/h1-6,11-12,22H,7-10H2,(H,21,23)/t12-/m1/s1. The van der Waals surface area contributed by atoms with Crippen molar-refractivity contribution in [2.24, 2.45) is 0 Å². The molecule has 0 fully saturated rings. The Bertz CT molecular complexity index is 657. The number of amides is 1. The Morgan fingerprint density at radius 3 is 2.48 bits per heavy atom. The van der Waals surface area contributed by atoms with Crippen LogP contribution in [-0.4, -0.2) is 30.5 Å². The first-order valence-corrected chi connectivity index (χ1v) is 8.55. The molecule has 1 atom stereocenters. The topological polar surface area (TPSA) is 58.6 Å². The molecule has 0 aliphatic carbocycles. The van der Waals surface area contributed by atoms with E-state index in [4.69, 9.17) is 5.11 Å². The Kier molecular flexibility index (Phi) is 6.83. The lowest BCUT2D eigenvalue weighted by Gasteiger charge is -2.14. The number of aliphatic hydroxyl groups excluding tert-OH is 1. The average Bonchev–Trinajstić information content (AvgIpc) is 3.07. The first-order chi connectivity index (χ1) is 11.9. The van der Waals surface area contributed by atoms with E-state index in [9.17, 15) is 18.0 Å². The van der Waals surface area contributed by atoms with Gasteiger partial charge >= 0.3 is 6.36 Å². The van der Waals surface area contributed by atoms with Crippen molar-refractivity contribution < 1.29 is 27.8 Å². The fraction of sp³-hybridized carbons (Fsp3) is 0.353. The van der Waals surface area contributed by atoms with Crippen molar-refractivity contribution in [2.75, 3.05) is 13.2 Å². The third-order valence-corrected chi connectivity index (χ3v) is 4.59. The minimum atomic E-state index is -4.76. The molecule has 0 unspecified atom stereocenters. The molecule has 0 saturated heterocycles. The maximum atomic E-state index is 12.1. The summed E-state index contributed by atoms with van der Waals surface area (Å²) < 4.78 is 40.1. The van der Waals surface area contributed by atoms with E-state index in [1.807, 2.05) is 17.5 Å². The second kappa shape index (κ2) is 8.87. The summed E-state index contributed by atoms with van der Waals surface area (Å²) in [6.07, 6.45) is -3.48. The van der Waals surface area contributed by atoms with Crippen LogP contribution in [0.4, 0.5) is 13.2 Å². The molecule has 0 spiro atoms. The van der Waals surface area contributed by atoms with E-state index in [0.717, 1.165) is 17.0 Å². The zero-order valence-electron chi connectivity index (χ0n) is 13.3. The van der Waals surface area contributed by atoms with E-state index in [-0.39, 0.29) is 29.7 Å². The van der Waals surface area contributed by atoms with E-state index in [2.05, 4.69) is 10.1 Å². The Morgan fingerprint density at radius 2 is 1.92 bits per heavy atom. The highest BCUT2D eigenvalue weighted by Gasteiger charge is 2.31. The fourth-order valence-electron chi connectivity index (χ4n) is 2.38. The Labute approximate surface area is 147 Å². The number of benzene rings is 1. The van der Waals surface area contributed by atoms with Crippen LogP contribution in [0.3, 0.4) is 0 Å². The summed E-state index contributed by atoms with van der Waals surface area (Å²) in [5, 5.41) is 13.9. The smallest absolute Gasteiger partial charge is 0.406 e. The molecule has 2 aromatic rings. The number of alkyl halides is 3. The number of rotatable bonds is 8. The number of hydrogen-bond donors (Lipinski definition) is 2. The summed E-state index contributed by atoms with van der Waals surface area (Å²) in [6.45, 7) is 0.472. The van der Waals surface area contributed by atoms with Crippen molar-refractivity contribution >= 4 is 17.2 Å². The van der Waals surface area contributed by atoms with E-state index in [1.165, 1.54) is 12.1 Å². The van der Waals surface area contributed by atoms with Gasteiger partial charge in [0.1, 0.15) is 5.75 Å². The maximum Gasteiger partial charge on any atom is 0.573 e. The summed E-state index contributed by atoms with van der Waals surface area (Å²) >= 11 is 1.60. The highest BCUT2D eigenvalue weighted by Crippen LogP contribution is 2.27. The van der Waals surface area contributed by atoms with Gasteiger partial charge in [0.05, 0.1) is 0 Å². The molecule has 1 aromatic carbocycles. The Hall–Kier alpha value is -2.06. The summed E-state index contributed by atoms with van der Waals surface area (Å²) in [7, 11) is 0. The van der Waals surface area contributed by atoms with Crippen LogP contribution >= 0.6 is 11.3 Å². The lowest BCUT2D eigenvalue weighted by molar-refractivity contribution is -0.274. The van der Waals surface area contributed by atoms with Gasteiger partial charge in [-0.05, 0) is 54.5 Å². The Balaban J connectivity index is 1.85. The minimum absolute atomic E-state index is 0.0666. The van der Waals surface area contributed by atoms with Gasteiger partial charge in [0.15, 0.2) is 0 Å². The Morgan fingerprint density at radius 1 is 1.20 bits per heavy atom. The zero-order chi connectivity index (χ0) is 18.3. The predicted octanol–water partition coefficient (Wildman–Crippen LogP) is 3.93. The van der Waals surface area contributed by atoms with Crippen LogP contribution in [0, 0.1) is 0 Å². The summed E-state index contributed by atoms with van der Waals surface area (Å²) in [5.41, 5.74) is 0.254. The number of halogens is 3. The van der Waals surface area contributed by atoms with Crippen LogP contribution in [0.25, 0.3) is 0 Å². The molecule has 136 valence electrons. The molecule has 25 heavy (non-hydrogen) atoms. The molecule has 0 radical (unpaired) electrons. The quantitative estimate of drug-likeness (QED) is 0.737. The number of ether oxygens (including phenoxy) is 1. The van der Waals surface area contributed by atoms with Gasteiger partial charge in [-0.3, -0.25) is 4.79 Å². The summed E-state index contributed by atoms with van der Waals surface area (Å²) in [5.74, 6) is -0.579. The molecule has 0 aliphatic rings. The molecule has 1 aromatic heterocycles. The number of thiophene rings is 1. The number of nitrogens with one attached hydrogen (secondary N) is 1. The van der Waals surface area contributed by atoms with Crippen molar-refractivity contribution in [1.29, 1.82) is 0 Å². The lowest BCUT2D eigenvalue weighted by Crippen LogP contribution is -2.25. The van der Waals surface area contributed by atoms with Gasteiger partial charge in [-0.15, -0.1) is 24.5 Å². The van der Waals surface area contributed by atoms with Crippen molar-refractivity contribution in [2.45, 2.75) is 25.1 Å². The third-order valence-electron chi connectivity index (χ3n) is 3.55. The first kappa shape index (κ1) is 19.3. The maximum absolute atomic E-state index is 12.1. The van der Waals surface area contributed by atoms with Gasteiger partial charge in [-0.1, -0.05) is 6.07 Å². The van der Waals surface area contributed by atoms with Gasteiger partial charge < -0.3 is 15.2 Å². The van der Waals surface area contributed by atoms with Crippen molar-refractivity contribution in [3.05, 3.63) is 52.2 Å². The normalized spacial score (nSPS) is 12.6. The van der Waals surface area contributed by atoms with Gasteiger partial charge in [-0.2, -0.15) is 0 Å². The van der Waals surface area contributed by atoms with Crippen LogP contribution < -0.4 is 10.1 Å². The van der Waals surface area contributed by atoms with Gasteiger partial charge in [0.25, 0.3) is 5.91 Å². The number of aliphatic hydroxyl groups is 1. The number of carbonyl (C=O) groups excluding carboxylic acids is 1. The fourth-order valence-corrected chi connectivity index (χ4v) is 3.28. The largest absolute Gasteiger partial charge is 0.573 e. The molecule has 1 amide bonds. The van der Waals surface area contributed by atoms with E-state index < -0.39 is 6.36 Å². The molecule has 2 rings (SSSR count). The average molecular weight is 373 g/mol. The first-order valence-electron chi connectivity index (χ1n) is 7.67. The van der Waals surface area contributed by atoms with Crippen molar-refractivity contribution in [3.8, 4) is 5.75 Å².